The van der Waals surface area contributed by atoms with Crippen LogP contribution in [0.15, 0.2) is 70.7 Å². The largest absolute Gasteiger partial charge is 0.318 e. The van der Waals surface area contributed by atoms with Crippen molar-refractivity contribution in [3.8, 4) is 0 Å². The Morgan fingerprint density at radius 2 is 1.61 bits per heavy atom. The number of halogens is 3. The Labute approximate surface area is 192 Å². The highest BCUT2D eigenvalue weighted by Crippen LogP contribution is 2.30. The molecular formula is C19H14Cl3N4O4S+. The topological polar surface area (TPSA) is 111 Å². The molecule has 0 radical (unpaired) electrons. The molecule has 0 unspecified atom stereocenters. The second-order valence-electron chi connectivity index (χ2n) is 6.11. The smallest absolute Gasteiger partial charge is 0.278 e. The van der Waals surface area contributed by atoms with Gasteiger partial charge in [0.25, 0.3) is 14.9 Å². The van der Waals surface area contributed by atoms with Gasteiger partial charge in [0.05, 0.1) is 27.5 Å². The summed E-state index contributed by atoms with van der Waals surface area (Å²) in [6.45, 7) is 0. The van der Waals surface area contributed by atoms with Crippen molar-refractivity contribution in [2.24, 2.45) is 5.10 Å². The zero-order valence-electron chi connectivity index (χ0n) is 15.5. The number of sulfonamides is 1. The first-order chi connectivity index (χ1) is 14.7. The summed E-state index contributed by atoms with van der Waals surface area (Å²) < 4.78 is 28.3. The number of benzene rings is 3. The molecule has 12 heteroatoms. The summed E-state index contributed by atoms with van der Waals surface area (Å²) in [6, 6.07) is 14.5. The van der Waals surface area contributed by atoms with Crippen LogP contribution in [0.4, 0.5) is 17.1 Å². The lowest BCUT2D eigenvalue weighted by Gasteiger charge is -2.12. The molecule has 0 aliphatic carbocycles. The fraction of sp³-hybridized carbons (Fsp3) is 0. The third kappa shape index (κ3) is 5.86. The molecule has 0 fully saturated rings. The molecule has 3 rings (SSSR count). The van der Waals surface area contributed by atoms with Crippen molar-refractivity contribution in [1.82, 2.24) is 0 Å². The van der Waals surface area contributed by atoms with Gasteiger partial charge in [0.1, 0.15) is 4.90 Å². The Morgan fingerprint density at radius 3 is 2.26 bits per heavy atom. The number of hydrazone groups is 1. The minimum Gasteiger partial charge on any atom is -0.278 e. The van der Waals surface area contributed by atoms with Crippen LogP contribution < -0.4 is 10.1 Å². The van der Waals surface area contributed by atoms with E-state index in [1.165, 1.54) is 30.5 Å². The van der Waals surface area contributed by atoms with Gasteiger partial charge in [0.2, 0.25) is 0 Å². The van der Waals surface area contributed by atoms with Gasteiger partial charge in [-0.2, -0.15) is 5.10 Å². The summed E-state index contributed by atoms with van der Waals surface area (Å²) >= 11 is 17.9. The standard InChI is InChI=1S/C19H14Cl3N4O4S/c20-13-7-12(8-14(21)9-13)11-23-24-18-6-5-15(26(27)28)10-19(18)31(29,30)25-17-4-2-1-3-16(17)22/h1-11,24-25H,(H,27,28)/q+1/b23-11+. The summed E-state index contributed by atoms with van der Waals surface area (Å²) in [6.07, 6.45) is 1.38. The second-order valence-corrected chi connectivity index (χ2v) is 9.04. The van der Waals surface area contributed by atoms with Crippen LogP contribution in [0.25, 0.3) is 0 Å². The number of rotatable bonds is 7. The molecule has 0 bridgehead atoms. The molecule has 0 amide bonds. The first-order valence-electron chi connectivity index (χ1n) is 8.48. The Kier molecular flexibility index (Phi) is 7.01. The van der Waals surface area contributed by atoms with Crippen molar-refractivity contribution < 1.29 is 18.5 Å². The lowest BCUT2D eigenvalue weighted by Crippen LogP contribution is -2.15. The molecule has 160 valence electrons. The van der Waals surface area contributed by atoms with Crippen LogP contribution in [0, 0.1) is 4.91 Å². The lowest BCUT2D eigenvalue weighted by atomic mass is 10.2. The zero-order chi connectivity index (χ0) is 22.6. The fourth-order valence-corrected chi connectivity index (χ4v) is 4.55. The molecular weight excluding hydrogens is 487 g/mol. The van der Waals surface area contributed by atoms with Crippen molar-refractivity contribution in [3.05, 3.63) is 86.2 Å². The number of para-hydroxylation sites is 1. The second kappa shape index (κ2) is 9.52. The molecule has 0 heterocycles. The normalized spacial score (nSPS) is 11.5. The number of hydrogen-bond acceptors (Lipinski definition) is 5. The third-order valence-electron chi connectivity index (χ3n) is 3.88. The number of anilines is 2. The molecule has 0 atom stereocenters. The maximum Gasteiger partial charge on any atom is 0.318 e. The first-order valence-corrected chi connectivity index (χ1v) is 11.1. The van der Waals surface area contributed by atoms with Crippen molar-refractivity contribution in [1.29, 1.82) is 0 Å². The number of nitrogens with zero attached hydrogens (tertiary/aromatic N) is 2. The van der Waals surface area contributed by atoms with E-state index in [0.717, 1.165) is 6.07 Å². The van der Waals surface area contributed by atoms with E-state index in [-0.39, 0.29) is 27.0 Å². The van der Waals surface area contributed by atoms with E-state index in [2.05, 4.69) is 15.2 Å². The van der Waals surface area contributed by atoms with Crippen LogP contribution in [0.2, 0.25) is 15.1 Å². The first kappa shape index (κ1) is 22.8. The summed E-state index contributed by atoms with van der Waals surface area (Å²) in [7, 11) is -4.22. The fourth-order valence-electron chi connectivity index (χ4n) is 2.51. The van der Waals surface area contributed by atoms with Crippen LogP contribution in [0.1, 0.15) is 5.56 Å². The van der Waals surface area contributed by atoms with Gasteiger partial charge in [0, 0.05) is 22.2 Å². The average Bonchev–Trinajstić information content (AvgIpc) is 2.69. The maximum absolute atomic E-state index is 13.0. The summed E-state index contributed by atoms with van der Waals surface area (Å²) in [5.74, 6) is 0. The molecule has 3 aromatic carbocycles. The van der Waals surface area contributed by atoms with Crippen LogP contribution in [-0.4, -0.2) is 24.8 Å². The van der Waals surface area contributed by atoms with Crippen LogP contribution in [0.5, 0.6) is 0 Å². The van der Waals surface area contributed by atoms with E-state index in [0.29, 0.717) is 15.6 Å². The molecule has 0 aliphatic heterocycles. The van der Waals surface area contributed by atoms with Gasteiger partial charge < -0.3 is 0 Å². The molecule has 0 aromatic heterocycles. The molecule has 3 aromatic rings. The molecule has 3 N–H and O–H groups in total. The average molecular weight is 501 g/mol. The summed E-state index contributed by atoms with van der Waals surface area (Å²) in [4.78, 5) is 10.5. The third-order valence-corrected chi connectivity index (χ3v) is 6.05. The maximum atomic E-state index is 13.0. The highest BCUT2D eigenvalue weighted by molar-refractivity contribution is 7.93. The van der Waals surface area contributed by atoms with E-state index in [1.807, 2.05) is 0 Å². The van der Waals surface area contributed by atoms with Gasteiger partial charge in [-0.05, 0) is 42.0 Å². The van der Waals surface area contributed by atoms with E-state index >= 15 is 0 Å². The summed E-state index contributed by atoms with van der Waals surface area (Å²) in [5.41, 5.74) is 3.05. The number of nitrogens with one attached hydrogen (secondary N) is 2. The molecule has 0 spiro atoms. The predicted molar refractivity (Wildman–Crippen MR) is 121 cm³/mol. The van der Waals surface area contributed by atoms with Crippen molar-refractivity contribution in [2.45, 2.75) is 4.90 Å². The minimum atomic E-state index is -4.22. The van der Waals surface area contributed by atoms with E-state index < -0.39 is 14.9 Å². The molecule has 31 heavy (non-hydrogen) atoms. The van der Waals surface area contributed by atoms with Gasteiger partial charge in [-0.25, -0.2) is 13.6 Å². The van der Waals surface area contributed by atoms with Crippen LogP contribution in [0.3, 0.4) is 0 Å². The highest BCUT2D eigenvalue weighted by Gasteiger charge is 2.25. The molecule has 0 aliphatic rings. The van der Waals surface area contributed by atoms with Gasteiger partial charge in [-0.3, -0.25) is 10.1 Å². The van der Waals surface area contributed by atoms with Crippen molar-refractivity contribution in [3.63, 3.8) is 0 Å². The Bertz CT molecular complexity index is 1260. The Balaban J connectivity index is 1.96. The van der Waals surface area contributed by atoms with E-state index in [9.17, 15) is 18.5 Å². The Morgan fingerprint density at radius 1 is 0.935 bits per heavy atom. The van der Waals surface area contributed by atoms with E-state index in [4.69, 9.17) is 34.8 Å². The zero-order valence-corrected chi connectivity index (χ0v) is 18.5. The Hall–Kier alpha value is -2.85. The van der Waals surface area contributed by atoms with Gasteiger partial charge >= 0.3 is 5.69 Å². The monoisotopic (exact) mass is 499 g/mol. The van der Waals surface area contributed by atoms with Gasteiger partial charge in [-0.1, -0.05) is 46.9 Å². The summed E-state index contributed by atoms with van der Waals surface area (Å²) in [5, 5.41) is 14.2. The highest BCUT2D eigenvalue weighted by atomic mass is 35.5. The van der Waals surface area contributed by atoms with Gasteiger partial charge in [0.15, 0.2) is 0 Å². The minimum absolute atomic E-state index is 0.0366. The molecule has 0 saturated carbocycles. The number of hydrogen-bond donors (Lipinski definition) is 3. The van der Waals surface area contributed by atoms with E-state index in [1.54, 1.807) is 30.3 Å². The quantitative estimate of drug-likeness (QED) is 0.285. The van der Waals surface area contributed by atoms with Crippen molar-refractivity contribution in [2.75, 3.05) is 10.1 Å². The lowest BCUT2D eigenvalue weighted by molar-refractivity contribution is -0.729. The van der Waals surface area contributed by atoms with Gasteiger partial charge in [-0.15, -0.1) is 0 Å². The van der Waals surface area contributed by atoms with Crippen LogP contribution in [-0.2, 0) is 10.0 Å². The van der Waals surface area contributed by atoms with Crippen molar-refractivity contribution >= 4 is 68.1 Å². The molecule has 8 nitrogen and oxygen atoms in total. The molecule has 0 saturated heterocycles. The SMILES string of the molecule is O=[N+](O)c1ccc(N/N=C/c2cc(Cl)cc(Cl)c2)c(S(=O)(=O)Nc2ccccc2Cl)c1. The van der Waals surface area contributed by atoms with Crippen LogP contribution >= 0.6 is 34.8 Å². The predicted octanol–water partition coefficient (Wildman–Crippen LogP) is 5.69.